The summed E-state index contributed by atoms with van der Waals surface area (Å²) in [6.07, 6.45) is 1.88. The van der Waals surface area contributed by atoms with Gasteiger partial charge in [-0.2, -0.15) is 0 Å². The van der Waals surface area contributed by atoms with Crippen LogP contribution in [0.4, 0.5) is 0 Å². The standard InChI is InChI=1S/C17H19BrN2O2S/c1-21-15-5-4-13(18)11-12(15)3-6-16-14(7-10-23-16)17-19-8-9-20(17)22-2/h4-5,7,10-11H,3,6,8-9H2,1-2H3. The van der Waals surface area contributed by atoms with Crippen molar-refractivity contribution in [2.24, 2.45) is 4.99 Å². The zero-order valence-corrected chi connectivity index (χ0v) is 15.6. The summed E-state index contributed by atoms with van der Waals surface area (Å²) in [6, 6.07) is 8.26. The molecule has 0 bridgehead atoms. The van der Waals surface area contributed by atoms with Crippen LogP contribution in [-0.4, -0.2) is 38.2 Å². The fourth-order valence-electron chi connectivity index (χ4n) is 2.75. The normalized spacial score (nSPS) is 14.2. The van der Waals surface area contributed by atoms with Crippen LogP contribution >= 0.6 is 27.3 Å². The number of methoxy groups -OCH3 is 1. The van der Waals surface area contributed by atoms with Gasteiger partial charge in [-0.1, -0.05) is 15.9 Å². The summed E-state index contributed by atoms with van der Waals surface area (Å²) >= 11 is 5.30. The van der Waals surface area contributed by atoms with Crippen LogP contribution in [0.1, 0.15) is 16.0 Å². The van der Waals surface area contributed by atoms with Crippen molar-refractivity contribution < 1.29 is 9.57 Å². The number of rotatable bonds is 6. The Bertz CT molecular complexity index is 714. The summed E-state index contributed by atoms with van der Waals surface area (Å²) < 4.78 is 6.54. The van der Waals surface area contributed by atoms with Crippen LogP contribution in [-0.2, 0) is 17.7 Å². The maximum atomic E-state index is 5.47. The highest BCUT2D eigenvalue weighted by atomic mass is 79.9. The van der Waals surface area contributed by atoms with E-state index in [0.29, 0.717) is 0 Å². The minimum atomic E-state index is 0.790. The van der Waals surface area contributed by atoms with E-state index in [1.54, 1.807) is 25.6 Å². The third-order valence-corrected chi connectivity index (χ3v) is 5.35. The van der Waals surface area contributed by atoms with Crippen LogP contribution in [0.5, 0.6) is 5.75 Å². The SMILES string of the molecule is COc1ccc(Br)cc1CCc1sccc1C1=NCCN1OC. The molecule has 0 saturated heterocycles. The molecule has 3 rings (SSSR count). The third kappa shape index (κ3) is 3.59. The van der Waals surface area contributed by atoms with Gasteiger partial charge in [0.15, 0.2) is 5.84 Å². The van der Waals surface area contributed by atoms with Gasteiger partial charge in [-0.25, -0.2) is 5.06 Å². The first kappa shape index (κ1) is 16.5. The lowest BCUT2D eigenvalue weighted by molar-refractivity contribution is -0.0545. The average Bonchev–Trinajstić information content (AvgIpc) is 3.21. The summed E-state index contributed by atoms with van der Waals surface area (Å²) in [6.45, 7) is 1.61. The fourth-order valence-corrected chi connectivity index (χ4v) is 4.04. The van der Waals surface area contributed by atoms with E-state index in [4.69, 9.17) is 9.57 Å². The number of hydrogen-bond acceptors (Lipinski definition) is 5. The molecule has 6 heteroatoms. The van der Waals surface area contributed by atoms with Crippen LogP contribution in [0.3, 0.4) is 0 Å². The highest BCUT2D eigenvalue weighted by Crippen LogP contribution is 2.27. The number of benzene rings is 1. The Morgan fingerprint density at radius 1 is 1.26 bits per heavy atom. The van der Waals surface area contributed by atoms with Gasteiger partial charge in [-0.05, 0) is 48.1 Å². The highest BCUT2D eigenvalue weighted by Gasteiger charge is 2.21. The lowest BCUT2D eigenvalue weighted by Crippen LogP contribution is -2.27. The molecule has 0 saturated carbocycles. The molecular weight excluding hydrogens is 376 g/mol. The Labute approximate surface area is 148 Å². The molecule has 1 aliphatic heterocycles. The van der Waals surface area contributed by atoms with Gasteiger partial charge >= 0.3 is 0 Å². The molecule has 0 radical (unpaired) electrons. The van der Waals surface area contributed by atoms with Gasteiger partial charge in [0.1, 0.15) is 5.75 Å². The number of nitrogens with zero attached hydrogens (tertiary/aromatic N) is 2. The van der Waals surface area contributed by atoms with E-state index in [1.165, 1.54) is 16.0 Å². The van der Waals surface area contributed by atoms with Crippen LogP contribution in [0, 0.1) is 0 Å². The first-order valence-electron chi connectivity index (χ1n) is 7.48. The number of amidine groups is 1. The van der Waals surface area contributed by atoms with E-state index in [-0.39, 0.29) is 0 Å². The van der Waals surface area contributed by atoms with Gasteiger partial charge in [0.25, 0.3) is 0 Å². The van der Waals surface area contributed by atoms with Gasteiger partial charge < -0.3 is 4.74 Å². The van der Waals surface area contributed by atoms with Crippen molar-refractivity contribution in [3.8, 4) is 5.75 Å². The molecule has 0 fully saturated rings. The van der Waals surface area contributed by atoms with E-state index >= 15 is 0 Å². The van der Waals surface area contributed by atoms with E-state index in [9.17, 15) is 0 Å². The fraction of sp³-hybridized carbons (Fsp3) is 0.353. The predicted molar refractivity (Wildman–Crippen MR) is 97.5 cm³/mol. The van der Waals surface area contributed by atoms with Crippen molar-refractivity contribution in [2.45, 2.75) is 12.8 Å². The van der Waals surface area contributed by atoms with Crippen molar-refractivity contribution in [2.75, 3.05) is 27.3 Å². The van der Waals surface area contributed by atoms with Crippen LogP contribution in [0.2, 0.25) is 0 Å². The summed E-state index contributed by atoms with van der Waals surface area (Å²) in [5.41, 5.74) is 2.39. The van der Waals surface area contributed by atoms with Crippen molar-refractivity contribution in [1.29, 1.82) is 0 Å². The quantitative estimate of drug-likeness (QED) is 0.744. The second kappa shape index (κ2) is 7.47. The molecule has 2 aromatic rings. The zero-order chi connectivity index (χ0) is 16.2. The van der Waals surface area contributed by atoms with Crippen molar-refractivity contribution in [1.82, 2.24) is 5.06 Å². The average molecular weight is 395 g/mol. The summed E-state index contributed by atoms with van der Waals surface area (Å²) in [5.74, 6) is 1.88. The van der Waals surface area contributed by atoms with Crippen LogP contribution < -0.4 is 4.74 Å². The smallest absolute Gasteiger partial charge is 0.156 e. The minimum Gasteiger partial charge on any atom is -0.496 e. The Kier molecular flexibility index (Phi) is 5.35. The van der Waals surface area contributed by atoms with Crippen molar-refractivity contribution in [3.63, 3.8) is 0 Å². The lowest BCUT2D eigenvalue weighted by atomic mass is 10.1. The molecule has 1 aromatic carbocycles. The van der Waals surface area contributed by atoms with E-state index in [0.717, 1.165) is 42.0 Å². The number of halogens is 1. The number of thiophene rings is 1. The van der Waals surface area contributed by atoms with Crippen molar-refractivity contribution in [3.05, 3.63) is 50.1 Å². The molecule has 0 atom stereocenters. The van der Waals surface area contributed by atoms with Gasteiger partial charge in [0.05, 0.1) is 27.3 Å². The van der Waals surface area contributed by atoms with Crippen LogP contribution in [0.25, 0.3) is 0 Å². The Hall–Kier alpha value is -1.37. The third-order valence-electron chi connectivity index (χ3n) is 3.87. The molecular formula is C17H19BrN2O2S. The number of aryl methyl sites for hydroxylation is 2. The summed E-state index contributed by atoms with van der Waals surface area (Å²) in [7, 11) is 3.41. The van der Waals surface area contributed by atoms with E-state index < -0.39 is 0 Å². The Balaban J connectivity index is 1.78. The summed E-state index contributed by atoms with van der Waals surface area (Å²) in [4.78, 5) is 11.3. The largest absolute Gasteiger partial charge is 0.496 e. The first-order valence-corrected chi connectivity index (χ1v) is 9.15. The molecule has 0 amide bonds. The molecule has 1 aromatic heterocycles. The molecule has 122 valence electrons. The molecule has 2 heterocycles. The number of aliphatic imine (C=N–C) groups is 1. The molecule has 4 nitrogen and oxygen atoms in total. The number of ether oxygens (including phenoxy) is 1. The maximum absolute atomic E-state index is 5.47. The second-order valence-electron chi connectivity index (χ2n) is 5.20. The summed E-state index contributed by atoms with van der Waals surface area (Å²) in [5, 5.41) is 3.99. The number of hydroxylamine groups is 2. The molecule has 23 heavy (non-hydrogen) atoms. The van der Waals surface area contributed by atoms with Gasteiger partial charge in [-0.3, -0.25) is 9.83 Å². The van der Waals surface area contributed by atoms with Gasteiger partial charge in [-0.15, -0.1) is 11.3 Å². The maximum Gasteiger partial charge on any atom is 0.156 e. The Morgan fingerprint density at radius 3 is 2.91 bits per heavy atom. The number of hydrogen-bond donors (Lipinski definition) is 0. The topological polar surface area (TPSA) is 34.1 Å². The van der Waals surface area contributed by atoms with Crippen LogP contribution in [0.15, 0.2) is 39.1 Å². The van der Waals surface area contributed by atoms with E-state index in [2.05, 4.69) is 38.4 Å². The first-order chi connectivity index (χ1) is 11.2. The molecule has 0 spiro atoms. The zero-order valence-electron chi connectivity index (χ0n) is 13.2. The molecule has 0 unspecified atom stereocenters. The molecule has 0 aliphatic carbocycles. The lowest BCUT2D eigenvalue weighted by Gasteiger charge is -2.17. The highest BCUT2D eigenvalue weighted by molar-refractivity contribution is 9.10. The van der Waals surface area contributed by atoms with E-state index in [1.807, 2.05) is 17.2 Å². The van der Waals surface area contributed by atoms with Gasteiger partial charge in [0.2, 0.25) is 0 Å². The predicted octanol–water partition coefficient (Wildman–Crippen LogP) is 3.93. The molecule has 1 aliphatic rings. The minimum absolute atomic E-state index is 0.790. The second-order valence-corrected chi connectivity index (χ2v) is 7.12. The molecule has 0 N–H and O–H groups in total. The van der Waals surface area contributed by atoms with Crippen molar-refractivity contribution >= 4 is 33.1 Å². The Morgan fingerprint density at radius 2 is 2.13 bits per heavy atom. The monoisotopic (exact) mass is 394 g/mol. The van der Waals surface area contributed by atoms with Gasteiger partial charge in [0, 0.05) is 14.9 Å².